The van der Waals surface area contributed by atoms with Gasteiger partial charge in [0.05, 0.1) is 11.5 Å². The second-order valence-electron chi connectivity index (χ2n) is 6.08. The standard InChI is InChI=1S/C15H20N2O3S/c18-21(19,14-3-4-15-11(9-14)6-8-20-15)17-12-1-2-13(17)10-16-7-5-12/h3-4,9,12-13,16H,1-2,5-8,10H2. The van der Waals surface area contributed by atoms with Gasteiger partial charge in [0.2, 0.25) is 10.0 Å². The fourth-order valence-electron chi connectivity index (χ4n) is 3.78. The minimum atomic E-state index is -3.41. The molecule has 2 fully saturated rings. The molecular formula is C15H20N2O3S. The van der Waals surface area contributed by atoms with E-state index in [0.29, 0.717) is 11.5 Å². The smallest absolute Gasteiger partial charge is 0.243 e. The van der Waals surface area contributed by atoms with E-state index in [-0.39, 0.29) is 12.1 Å². The van der Waals surface area contributed by atoms with E-state index >= 15 is 0 Å². The zero-order valence-electron chi connectivity index (χ0n) is 11.9. The van der Waals surface area contributed by atoms with Crippen molar-refractivity contribution in [2.75, 3.05) is 19.7 Å². The van der Waals surface area contributed by atoms with Crippen LogP contribution in [0.15, 0.2) is 23.1 Å². The van der Waals surface area contributed by atoms with Crippen molar-refractivity contribution in [1.82, 2.24) is 9.62 Å². The fourth-order valence-corrected chi connectivity index (χ4v) is 5.73. The summed E-state index contributed by atoms with van der Waals surface area (Å²) in [5, 5.41) is 3.35. The van der Waals surface area contributed by atoms with E-state index in [0.717, 1.165) is 50.1 Å². The number of rotatable bonds is 2. The van der Waals surface area contributed by atoms with Gasteiger partial charge in [-0.05, 0) is 49.6 Å². The second-order valence-corrected chi connectivity index (χ2v) is 7.92. The predicted octanol–water partition coefficient (Wildman–Crippen LogP) is 1.14. The average Bonchev–Trinajstić information content (AvgIpc) is 3.01. The quantitative estimate of drug-likeness (QED) is 0.890. The molecule has 1 aromatic rings. The Hall–Kier alpha value is -1.11. The van der Waals surface area contributed by atoms with Crippen LogP contribution in [0, 0.1) is 0 Å². The summed E-state index contributed by atoms with van der Waals surface area (Å²) >= 11 is 0. The SMILES string of the molecule is O=S(=O)(c1ccc2c(c1)CCO2)N1C2CCNCC1CC2. The first-order valence-corrected chi connectivity index (χ1v) is 9.10. The normalized spacial score (nSPS) is 29.0. The molecule has 1 aromatic carbocycles. The average molecular weight is 308 g/mol. The first kappa shape index (κ1) is 13.5. The predicted molar refractivity (Wildman–Crippen MR) is 79.0 cm³/mol. The molecule has 2 atom stereocenters. The van der Waals surface area contributed by atoms with Crippen molar-refractivity contribution in [1.29, 1.82) is 0 Å². The van der Waals surface area contributed by atoms with E-state index in [4.69, 9.17) is 4.74 Å². The molecule has 3 aliphatic heterocycles. The van der Waals surface area contributed by atoms with Gasteiger partial charge in [0.25, 0.3) is 0 Å². The molecule has 0 saturated carbocycles. The molecule has 5 nitrogen and oxygen atoms in total. The Morgan fingerprint density at radius 1 is 1.19 bits per heavy atom. The summed E-state index contributed by atoms with van der Waals surface area (Å²) < 4.78 is 33.4. The van der Waals surface area contributed by atoms with Crippen LogP contribution in [0.25, 0.3) is 0 Å². The molecule has 4 rings (SSSR count). The Labute approximate surface area is 125 Å². The minimum Gasteiger partial charge on any atom is -0.493 e. The molecule has 0 aromatic heterocycles. The number of nitrogens with one attached hydrogen (secondary N) is 1. The van der Waals surface area contributed by atoms with Crippen molar-refractivity contribution < 1.29 is 13.2 Å². The highest BCUT2D eigenvalue weighted by Gasteiger charge is 2.43. The molecule has 2 unspecified atom stereocenters. The highest BCUT2D eigenvalue weighted by Crippen LogP contribution is 2.35. The van der Waals surface area contributed by atoms with Gasteiger partial charge >= 0.3 is 0 Å². The van der Waals surface area contributed by atoms with Crippen LogP contribution in [0.5, 0.6) is 5.75 Å². The maximum Gasteiger partial charge on any atom is 0.243 e. The Kier molecular flexibility index (Phi) is 3.20. The van der Waals surface area contributed by atoms with Crippen LogP contribution in [0.2, 0.25) is 0 Å². The van der Waals surface area contributed by atoms with E-state index < -0.39 is 10.0 Å². The van der Waals surface area contributed by atoms with Gasteiger partial charge in [0.15, 0.2) is 0 Å². The minimum absolute atomic E-state index is 0.104. The van der Waals surface area contributed by atoms with Crippen LogP contribution < -0.4 is 10.1 Å². The topological polar surface area (TPSA) is 58.6 Å². The maximum atomic E-state index is 13.1. The van der Waals surface area contributed by atoms with Crippen molar-refractivity contribution >= 4 is 10.0 Å². The molecule has 114 valence electrons. The van der Waals surface area contributed by atoms with Crippen LogP contribution >= 0.6 is 0 Å². The molecule has 2 saturated heterocycles. The number of fused-ring (bicyclic) bond motifs is 3. The molecule has 3 aliphatic rings. The van der Waals surface area contributed by atoms with E-state index in [1.807, 2.05) is 0 Å². The van der Waals surface area contributed by atoms with Crippen LogP contribution in [-0.4, -0.2) is 44.5 Å². The van der Waals surface area contributed by atoms with Gasteiger partial charge in [-0.3, -0.25) is 0 Å². The van der Waals surface area contributed by atoms with Gasteiger partial charge in [0.1, 0.15) is 5.75 Å². The lowest BCUT2D eigenvalue weighted by Crippen LogP contribution is -2.42. The Bertz CT molecular complexity index is 645. The summed E-state index contributed by atoms with van der Waals surface area (Å²) in [4.78, 5) is 0.422. The van der Waals surface area contributed by atoms with Crippen molar-refractivity contribution in [3.05, 3.63) is 23.8 Å². The molecule has 1 N–H and O–H groups in total. The number of ether oxygens (including phenoxy) is 1. The Balaban J connectivity index is 1.73. The molecule has 0 aliphatic carbocycles. The van der Waals surface area contributed by atoms with Gasteiger partial charge in [-0.1, -0.05) is 0 Å². The highest BCUT2D eigenvalue weighted by atomic mass is 32.2. The summed E-state index contributed by atoms with van der Waals surface area (Å²) in [5.74, 6) is 0.828. The Morgan fingerprint density at radius 2 is 2.05 bits per heavy atom. The molecule has 2 bridgehead atoms. The molecule has 6 heteroatoms. The highest BCUT2D eigenvalue weighted by molar-refractivity contribution is 7.89. The van der Waals surface area contributed by atoms with Gasteiger partial charge in [-0.25, -0.2) is 8.42 Å². The van der Waals surface area contributed by atoms with Gasteiger partial charge < -0.3 is 10.1 Å². The third-order valence-electron chi connectivity index (χ3n) is 4.82. The third-order valence-corrected chi connectivity index (χ3v) is 6.82. The largest absolute Gasteiger partial charge is 0.493 e. The lowest BCUT2D eigenvalue weighted by atomic mass is 10.1. The fraction of sp³-hybridized carbons (Fsp3) is 0.600. The van der Waals surface area contributed by atoms with E-state index in [1.54, 1.807) is 22.5 Å². The van der Waals surface area contributed by atoms with Crippen LogP contribution in [-0.2, 0) is 16.4 Å². The molecule has 3 heterocycles. The second kappa shape index (κ2) is 4.97. The Morgan fingerprint density at radius 3 is 2.95 bits per heavy atom. The van der Waals surface area contributed by atoms with Crippen molar-refractivity contribution in [3.63, 3.8) is 0 Å². The van der Waals surface area contributed by atoms with Gasteiger partial charge in [-0.15, -0.1) is 0 Å². The number of benzene rings is 1. The molecule has 0 spiro atoms. The lowest BCUT2D eigenvalue weighted by molar-refractivity contribution is 0.334. The third kappa shape index (κ3) is 2.17. The first-order valence-electron chi connectivity index (χ1n) is 7.66. The van der Waals surface area contributed by atoms with Crippen LogP contribution in [0.1, 0.15) is 24.8 Å². The first-order chi connectivity index (χ1) is 10.2. The van der Waals surface area contributed by atoms with Crippen molar-refractivity contribution in [3.8, 4) is 5.75 Å². The summed E-state index contributed by atoms with van der Waals surface area (Å²) in [6.07, 6.45) is 3.65. The van der Waals surface area contributed by atoms with Crippen LogP contribution in [0.3, 0.4) is 0 Å². The molecule has 21 heavy (non-hydrogen) atoms. The number of sulfonamides is 1. The van der Waals surface area contributed by atoms with Crippen molar-refractivity contribution in [2.45, 2.75) is 42.7 Å². The summed E-state index contributed by atoms with van der Waals surface area (Å²) in [7, 11) is -3.41. The van der Waals surface area contributed by atoms with E-state index in [1.165, 1.54) is 0 Å². The lowest BCUT2D eigenvalue weighted by Gasteiger charge is -2.27. The monoisotopic (exact) mass is 308 g/mol. The van der Waals surface area contributed by atoms with E-state index in [2.05, 4.69) is 5.32 Å². The molecule has 0 amide bonds. The van der Waals surface area contributed by atoms with Gasteiger partial charge in [-0.2, -0.15) is 4.31 Å². The zero-order valence-corrected chi connectivity index (χ0v) is 12.7. The van der Waals surface area contributed by atoms with Crippen LogP contribution in [0.4, 0.5) is 0 Å². The summed E-state index contributed by atoms with van der Waals surface area (Å²) in [5.41, 5.74) is 1.01. The van der Waals surface area contributed by atoms with E-state index in [9.17, 15) is 8.42 Å². The molecular weight excluding hydrogens is 288 g/mol. The number of nitrogens with zero attached hydrogens (tertiary/aromatic N) is 1. The number of hydrogen-bond acceptors (Lipinski definition) is 4. The van der Waals surface area contributed by atoms with Gasteiger partial charge in [0, 0.05) is 25.0 Å². The summed E-state index contributed by atoms with van der Waals surface area (Å²) in [6, 6.07) is 5.55. The summed E-state index contributed by atoms with van der Waals surface area (Å²) in [6.45, 7) is 2.33. The zero-order chi connectivity index (χ0) is 14.4. The van der Waals surface area contributed by atoms with Crippen molar-refractivity contribution in [2.24, 2.45) is 0 Å². The maximum absolute atomic E-state index is 13.1. The number of hydrogen-bond donors (Lipinski definition) is 1. The molecule has 0 radical (unpaired) electrons.